The Bertz CT molecular complexity index is 1440. The predicted molar refractivity (Wildman–Crippen MR) is 141 cm³/mol. The standard InChI is InChI=1S/C30H28FN3O3/c1-21-26(30(36)33-17-15-32(16-18-33)29(35)25-13-6-7-14-27(25)31)20-28(22-9-8-12-24(19-22)37-2)34(21)23-10-4-3-5-11-23/h3-14,19-20H,15-18H2,1-2H3. The largest absolute Gasteiger partial charge is 0.497 e. The third-order valence-corrected chi connectivity index (χ3v) is 6.82. The number of amides is 2. The third-order valence-electron chi connectivity index (χ3n) is 6.82. The zero-order chi connectivity index (χ0) is 25.9. The topological polar surface area (TPSA) is 54.8 Å². The van der Waals surface area contributed by atoms with Crippen LogP contribution in [0.3, 0.4) is 0 Å². The Kier molecular flexibility index (Phi) is 6.77. The Hall–Kier alpha value is -4.39. The summed E-state index contributed by atoms with van der Waals surface area (Å²) in [6, 6.07) is 25.6. The molecule has 1 saturated heterocycles. The van der Waals surface area contributed by atoms with Gasteiger partial charge in [-0.1, -0.05) is 42.5 Å². The molecule has 0 bridgehead atoms. The average molecular weight is 498 g/mol. The molecule has 0 saturated carbocycles. The normalized spacial score (nSPS) is 13.5. The van der Waals surface area contributed by atoms with E-state index in [9.17, 15) is 14.0 Å². The lowest BCUT2D eigenvalue weighted by Gasteiger charge is -2.35. The molecule has 1 aliphatic rings. The van der Waals surface area contributed by atoms with Gasteiger partial charge in [-0.3, -0.25) is 9.59 Å². The quantitative estimate of drug-likeness (QED) is 0.381. The summed E-state index contributed by atoms with van der Waals surface area (Å²) < 4.78 is 21.6. The molecule has 0 N–H and O–H groups in total. The number of aromatic nitrogens is 1. The molecule has 0 aliphatic carbocycles. The second kappa shape index (κ2) is 10.3. The highest BCUT2D eigenvalue weighted by Crippen LogP contribution is 2.32. The van der Waals surface area contributed by atoms with Gasteiger partial charge in [0.15, 0.2) is 0 Å². The van der Waals surface area contributed by atoms with Crippen molar-refractivity contribution in [3.63, 3.8) is 0 Å². The van der Waals surface area contributed by atoms with Crippen LogP contribution >= 0.6 is 0 Å². The second-order valence-corrected chi connectivity index (χ2v) is 9.00. The Morgan fingerprint density at radius 2 is 1.38 bits per heavy atom. The highest BCUT2D eigenvalue weighted by molar-refractivity contribution is 5.98. The van der Waals surface area contributed by atoms with E-state index in [0.717, 1.165) is 28.4 Å². The molecule has 3 aromatic carbocycles. The number of halogens is 1. The van der Waals surface area contributed by atoms with Gasteiger partial charge in [-0.05, 0) is 49.4 Å². The molecule has 0 atom stereocenters. The van der Waals surface area contributed by atoms with Crippen molar-refractivity contribution < 1.29 is 18.7 Å². The maximum Gasteiger partial charge on any atom is 0.256 e. The highest BCUT2D eigenvalue weighted by atomic mass is 19.1. The molecular formula is C30H28FN3O3. The molecule has 5 rings (SSSR count). The summed E-state index contributed by atoms with van der Waals surface area (Å²) in [5, 5.41) is 0. The van der Waals surface area contributed by atoms with Gasteiger partial charge in [0.05, 0.1) is 23.9 Å². The van der Waals surface area contributed by atoms with E-state index in [1.54, 1.807) is 29.0 Å². The molecule has 1 fully saturated rings. The summed E-state index contributed by atoms with van der Waals surface area (Å²) in [5.41, 5.74) is 4.28. The summed E-state index contributed by atoms with van der Waals surface area (Å²) in [6.07, 6.45) is 0. The van der Waals surface area contributed by atoms with Gasteiger partial charge in [0.2, 0.25) is 0 Å². The molecule has 6 nitrogen and oxygen atoms in total. The number of benzene rings is 3. The van der Waals surface area contributed by atoms with E-state index in [2.05, 4.69) is 4.57 Å². The van der Waals surface area contributed by atoms with Crippen LogP contribution in [-0.2, 0) is 0 Å². The minimum atomic E-state index is -0.533. The van der Waals surface area contributed by atoms with E-state index in [1.165, 1.54) is 12.1 Å². The lowest BCUT2D eigenvalue weighted by molar-refractivity contribution is 0.0532. The van der Waals surface area contributed by atoms with E-state index >= 15 is 0 Å². The van der Waals surface area contributed by atoms with Crippen LogP contribution in [0.4, 0.5) is 4.39 Å². The molecule has 2 amide bonds. The molecule has 0 unspecified atom stereocenters. The Labute approximate surface area is 215 Å². The first-order valence-electron chi connectivity index (χ1n) is 12.2. The zero-order valence-corrected chi connectivity index (χ0v) is 20.9. The fourth-order valence-corrected chi connectivity index (χ4v) is 4.82. The Balaban J connectivity index is 1.42. The fraction of sp³-hybridized carbons (Fsp3) is 0.200. The van der Waals surface area contributed by atoms with Gasteiger partial charge in [0.1, 0.15) is 11.6 Å². The van der Waals surface area contributed by atoms with Crippen LogP contribution in [0, 0.1) is 12.7 Å². The molecule has 188 valence electrons. The van der Waals surface area contributed by atoms with Crippen LogP contribution in [0.2, 0.25) is 0 Å². The molecule has 1 aromatic heterocycles. The maximum atomic E-state index is 14.1. The van der Waals surface area contributed by atoms with Crippen molar-refractivity contribution >= 4 is 11.8 Å². The molecule has 4 aromatic rings. The lowest BCUT2D eigenvalue weighted by Crippen LogP contribution is -2.50. The van der Waals surface area contributed by atoms with Crippen molar-refractivity contribution in [2.24, 2.45) is 0 Å². The van der Waals surface area contributed by atoms with E-state index in [1.807, 2.05) is 67.6 Å². The minimum Gasteiger partial charge on any atom is -0.497 e. The number of carbonyl (C=O) groups is 2. The Morgan fingerprint density at radius 1 is 0.757 bits per heavy atom. The number of ether oxygens (including phenoxy) is 1. The van der Waals surface area contributed by atoms with Crippen molar-refractivity contribution in [2.45, 2.75) is 6.92 Å². The van der Waals surface area contributed by atoms with Gasteiger partial charge in [-0.15, -0.1) is 0 Å². The lowest BCUT2D eigenvalue weighted by atomic mass is 10.1. The number of piperazine rings is 1. The van der Waals surface area contributed by atoms with Crippen LogP contribution < -0.4 is 4.74 Å². The monoisotopic (exact) mass is 497 g/mol. The summed E-state index contributed by atoms with van der Waals surface area (Å²) in [7, 11) is 1.63. The Morgan fingerprint density at radius 3 is 2.03 bits per heavy atom. The molecule has 0 radical (unpaired) electrons. The van der Waals surface area contributed by atoms with Gasteiger partial charge in [0.25, 0.3) is 11.8 Å². The second-order valence-electron chi connectivity index (χ2n) is 9.00. The van der Waals surface area contributed by atoms with E-state index in [4.69, 9.17) is 4.74 Å². The highest BCUT2D eigenvalue weighted by Gasteiger charge is 2.29. The first-order valence-corrected chi connectivity index (χ1v) is 12.2. The van der Waals surface area contributed by atoms with Crippen molar-refractivity contribution in [3.05, 3.63) is 108 Å². The number of rotatable bonds is 5. The molecule has 0 spiro atoms. The third kappa shape index (κ3) is 4.72. The number of para-hydroxylation sites is 1. The summed E-state index contributed by atoms with van der Waals surface area (Å²) in [5.74, 6) is -0.236. The van der Waals surface area contributed by atoms with Gasteiger partial charge < -0.3 is 19.1 Å². The van der Waals surface area contributed by atoms with Crippen molar-refractivity contribution in [3.8, 4) is 22.7 Å². The zero-order valence-electron chi connectivity index (χ0n) is 20.9. The van der Waals surface area contributed by atoms with Crippen LogP contribution in [0.5, 0.6) is 5.75 Å². The summed E-state index contributed by atoms with van der Waals surface area (Å²) in [4.78, 5) is 29.9. The number of hydrogen-bond acceptors (Lipinski definition) is 3. The molecule has 7 heteroatoms. The van der Waals surface area contributed by atoms with Crippen LogP contribution in [0.1, 0.15) is 26.4 Å². The van der Waals surface area contributed by atoms with E-state index < -0.39 is 5.82 Å². The number of methoxy groups -OCH3 is 1. The number of nitrogens with zero attached hydrogens (tertiary/aromatic N) is 3. The predicted octanol–water partition coefficient (Wildman–Crippen LogP) is 5.20. The summed E-state index contributed by atoms with van der Waals surface area (Å²) >= 11 is 0. The SMILES string of the molecule is COc1cccc(-c2cc(C(=O)N3CCN(C(=O)c4ccccc4F)CC3)c(C)n2-c2ccccc2)c1. The molecule has 1 aliphatic heterocycles. The first-order chi connectivity index (χ1) is 18.0. The van der Waals surface area contributed by atoms with Gasteiger partial charge in [0, 0.05) is 43.1 Å². The first kappa shape index (κ1) is 24.3. The van der Waals surface area contributed by atoms with Gasteiger partial charge in [-0.25, -0.2) is 4.39 Å². The molecule has 37 heavy (non-hydrogen) atoms. The molecule has 2 heterocycles. The van der Waals surface area contributed by atoms with E-state index in [-0.39, 0.29) is 17.4 Å². The number of hydrogen-bond donors (Lipinski definition) is 0. The van der Waals surface area contributed by atoms with Crippen LogP contribution in [-0.4, -0.2) is 59.5 Å². The van der Waals surface area contributed by atoms with E-state index in [0.29, 0.717) is 31.7 Å². The minimum absolute atomic E-state index is 0.0565. The van der Waals surface area contributed by atoms with Crippen LogP contribution in [0.25, 0.3) is 16.9 Å². The van der Waals surface area contributed by atoms with Gasteiger partial charge >= 0.3 is 0 Å². The number of carbonyl (C=O) groups excluding carboxylic acids is 2. The fourth-order valence-electron chi connectivity index (χ4n) is 4.82. The van der Waals surface area contributed by atoms with Crippen LogP contribution in [0.15, 0.2) is 84.9 Å². The van der Waals surface area contributed by atoms with Gasteiger partial charge in [-0.2, -0.15) is 0 Å². The smallest absolute Gasteiger partial charge is 0.256 e. The van der Waals surface area contributed by atoms with Crippen molar-refractivity contribution in [2.75, 3.05) is 33.3 Å². The maximum absolute atomic E-state index is 14.1. The average Bonchev–Trinajstić information content (AvgIpc) is 3.30. The van der Waals surface area contributed by atoms with Crippen molar-refractivity contribution in [1.82, 2.24) is 14.4 Å². The van der Waals surface area contributed by atoms with Crippen molar-refractivity contribution in [1.29, 1.82) is 0 Å². The summed E-state index contributed by atoms with van der Waals surface area (Å²) in [6.45, 7) is 3.40. The molecular weight excluding hydrogens is 469 g/mol.